The van der Waals surface area contributed by atoms with Crippen LogP contribution in [0.1, 0.15) is 34.9 Å². The molecule has 1 fully saturated rings. The lowest BCUT2D eigenvalue weighted by atomic mass is 9.96. The zero-order valence-electron chi connectivity index (χ0n) is 14.9. The van der Waals surface area contributed by atoms with Crippen LogP contribution in [0, 0.1) is 0 Å². The van der Waals surface area contributed by atoms with Crippen LogP contribution in [0.4, 0.5) is 0 Å². The van der Waals surface area contributed by atoms with Gasteiger partial charge < -0.3 is 14.4 Å². The van der Waals surface area contributed by atoms with Gasteiger partial charge in [-0.2, -0.15) is 0 Å². The van der Waals surface area contributed by atoms with E-state index in [2.05, 4.69) is 28.5 Å². The molecule has 1 atom stereocenters. The molecule has 0 spiro atoms. The molecule has 1 aromatic carbocycles. The number of benzene rings is 1. The lowest BCUT2D eigenvalue weighted by Crippen LogP contribution is -2.39. The molecule has 0 aliphatic carbocycles. The van der Waals surface area contributed by atoms with Gasteiger partial charge in [0.05, 0.1) is 0 Å². The van der Waals surface area contributed by atoms with Gasteiger partial charge in [-0.15, -0.1) is 0 Å². The average Bonchev–Trinajstić information content (AvgIpc) is 3.09. The SMILES string of the molecule is CN(C)CCn1ccnc1[C@@H]1CCCN(C(=O)c2ccc(Cl)cc2)C1. The van der Waals surface area contributed by atoms with Gasteiger partial charge in [0.25, 0.3) is 5.91 Å². The Balaban J connectivity index is 1.70. The van der Waals surface area contributed by atoms with E-state index in [-0.39, 0.29) is 5.91 Å². The number of likely N-dealkylation sites (N-methyl/N-ethyl adjacent to an activating group) is 1. The van der Waals surface area contributed by atoms with Crippen LogP contribution < -0.4 is 0 Å². The molecule has 2 heterocycles. The number of halogens is 1. The van der Waals surface area contributed by atoms with Crippen molar-refractivity contribution < 1.29 is 4.79 Å². The van der Waals surface area contributed by atoms with Gasteiger partial charge in [-0.3, -0.25) is 4.79 Å². The molecule has 2 aromatic rings. The van der Waals surface area contributed by atoms with Crippen molar-refractivity contribution in [1.82, 2.24) is 19.4 Å². The van der Waals surface area contributed by atoms with Crippen LogP contribution >= 0.6 is 11.6 Å². The lowest BCUT2D eigenvalue weighted by molar-refractivity contribution is 0.0703. The molecule has 1 aromatic heterocycles. The second-order valence-electron chi connectivity index (χ2n) is 6.88. The zero-order valence-corrected chi connectivity index (χ0v) is 15.6. The number of carbonyl (C=O) groups is 1. The number of piperidine rings is 1. The maximum atomic E-state index is 12.8. The fourth-order valence-electron chi connectivity index (χ4n) is 3.32. The van der Waals surface area contributed by atoms with E-state index in [4.69, 9.17) is 11.6 Å². The zero-order chi connectivity index (χ0) is 17.8. The van der Waals surface area contributed by atoms with Crippen molar-refractivity contribution in [3.63, 3.8) is 0 Å². The summed E-state index contributed by atoms with van der Waals surface area (Å²) in [5.41, 5.74) is 0.695. The average molecular weight is 361 g/mol. The Morgan fingerprint density at radius 2 is 2.08 bits per heavy atom. The van der Waals surface area contributed by atoms with Crippen molar-refractivity contribution in [1.29, 1.82) is 0 Å². The molecule has 1 aliphatic heterocycles. The molecule has 1 amide bonds. The van der Waals surface area contributed by atoms with E-state index in [1.807, 2.05) is 17.3 Å². The summed E-state index contributed by atoms with van der Waals surface area (Å²) in [6.45, 7) is 3.42. The van der Waals surface area contributed by atoms with Crippen molar-refractivity contribution in [3.8, 4) is 0 Å². The topological polar surface area (TPSA) is 41.4 Å². The van der Waals surface area contributed by atoms with E-state index in [1.165, 1.54) is 0 Å². The first-order valence-corrected chi connectivity index (χ1v) is 9.13. The molecule has 5 nitrogen and oxygen atoms in total. The number of carbonyl (C=O) groups excluding carboxylic acids is 1. The van der Waals surface area contributed by atoms with Crippen molar-refractivity contribution in [2.24, 2.45) is 0 Å². The monoisotopic (exact) mass is 360 g/mol. The molecule has 1 saturated heterocycles. The van der Waals surface area contributed by atoms with E-state index in [0.717, 1.165) is 44.8 Å². The Bertz CT molecular complexity index is 710. The quantitative estimate of drug-likeness (QED) is 0.822. The fourth-order valence-corrected chi connectivity index (χ4v) is 3.45. The summed E-state index contributed by atoms with van der Waals surface area (Å²) in [5.74, 6) is 1.46. The first-order chi connectivity index (χ1) is 12.0. The fraction of sp³-hybridized carbons (Fsp3) is 0.474. The van der Waals surface area contributed by atoms with Crippen LogP contribution in [0.5, 0.6) is 0 Å². The van der Waals surface area contributed by atoms with E-state index in [9.17, 15) is 4.79 Å². The van der Waals surface area contributed by atoms with Gasteiger partial charge in [0.1, 0.15) is 5.82 Å². The Labute approximate surface area is 154 Å². The number of amides is 1. The third kappa shape index (κ3) is 4.41. The number of hydrogen-bond acceptors (Lipinski definition) is 3. The molecule has 0 unspecified atom stereocenters. The maximum absolute atomic E-state index is 12.8. The van der Waals surface area contributed by atoms with Gasteiger partial charge in [-0.05, 0) is 51.2 Å². The number of likely N-dealkylation sites (tertiary alicyclic amines) is 1. The predicted molar refractivity (Wildman–Crippen MR) is 100 cm³/mol. The summed E-state index contributed by atoms with van der Waals surface area (Å²) in [6, 6.07) is 7.13. The predicted octanol–water partition coefficient (Wildman–Crippen LogP) is 3.12. The number of rotatable bonds is 5. The standard InChI is InChI=1S/C19H25ClN4O/c1-22(2)12-13-23-11-9-21-18(23)16-4-3-10-24(14-16)19(25)15-5-7-17(20)8-6-15/h5-9,11,16H,3-4,10,12-14H2,1-2H3/t16-/m1/s1. The van der Waals surface area contributed by atoms with Crippen molar-refractivity contribution in [2.45, 2.75) is 25.3 Å². The van der Waals surface area contributed by atoms with Crippen LogP contribution in [0.3, 0.4) is 0 Å². The van der Waals surface area contributed by atoms with E-state index in [1.54, 1.807) is 24.3 Å². The Hall–Kier alpha value is -1.85. The molecule has 6 heteroatoms. The number of aromatic nitrogens is 2. The van der Waals surface area contributed by atoms with Crippen LogP contribution in [0.25, 0.3) is 0 Å². The van der Waals surface area contributed by atoms with Crippen LogP contribution in [-0.4, -0.2) is 59.0 Å². The van der Waals surface area contributed by atoms with Gasteiger partial charge in [0.15, 0.2) is 0 Å². The molecule has 1 aliphatic rings. The summed E-state index contributed by atoms with van der Waals surface area (Å²) < 4.78 is 2.22. The second kappa shape index (κ2) is 8.02. The smallest absolute Gasteiger partial charge is 0.253 e. The summed E-state index contributed by atoms with van der Waals surface area (Å²) in [5, 5.41) is 0.649. The molecule has 0 radical (unpaired) electrons. The van der Waals surface area contributed by atoms with Crippen molar-refractivity contribution >= 4 is 17.5 Å². The Morgan fingerprint density at radius 3 is 2.80 bits per heavy atom. The number of nitrogens with zero attached hydrogens (tertiary/aromatic N) is 4. The molecule has 0 N–H and O–H groups in total. The third-order valence-electron chi connectivity index (χ3n) is 4.70. The van der Waals surface area contributed by atoms with Gasteiger partial charge >= 0.3 is 0 Å². The number of imidazole rings is 1. The van der Waals surface area contributed by atoms with E-state index < -0.39 is 0 Å². The summed E-state index contributed by atoms with van der Waals surface area (Å²) in [6.07, 6.45) is 5.98. The van der Waals surface area contributed by atoms with E-state index >= 15 is 0 Å². The molecule has 134 valence electrons. The summed E-state index contributed by atoms with van der Waals surface area (Å²) in [4.78, 5) is 21.5. The van der Waals surface area contributed by atoms with Gasteiger partial charge in [0.2, 0.25) is 0 Å². The van der Waals surface area contributed by atoms with Gasteiger partial charge in [-0.25, -0.2) is 4.98 Å². The highest BCUT2D eigenvalue weighted by atomic mass is 35.5. The van der Waals surface area contributed by atoms with Gasteiger partial charge in [-0.1, -0.05) is 11.6 Å². The highest BCUT2D eigenvalue weighted by molar-refractivity contribution is 6.30. The first-order valence-electron chi connectivity index (χ1n) is 8.75. The summed E-state index contributed by atoms with van der Waals surface area (Å²) >= 11 is 5.92. The van der Waals surface area contributed by atoms with Crippen molar-refractivity contribution in [2.75, 3.05) is 33.7 Å². The van der Waals surface area contributed by atoms with Crippen LogP contribution in [0.2, 0.25) is 5.02 Å². The minimum absolute atomic E-state index is 0.0766. The van der Waals surface area contributed by atoms with Crippen LogP contribution in [0.15, 0.2) is 36.7 Å². The maximum Gasteiger partial charge on any atom is 0.253 e. The molecule has 0 saturated carbocycles. The van der Waals surface area contributed by atoms with E-state index in [0.29, 0.717) is 16.5 Å². The minimum Gasteiger partial charge on any atom is -0.338 e. The second-order valence-corrected chi connectivity index (χ2v) is 7.32. The minimum atomic E-state index is 0.0766. The largest absolute Gasteiger partial charge is 0.338 e. The Kier molecular flexibility index (Phi) is 5.76. The third-order valence-corrected chi connectivity index (χ3v) is 4.95. The lowest BCUT2D eigenvalue weighted by Gasteiger charge is -2.33. The molecular weight excluding hydrogens is 336 g/mol. The molecule has 25 heavy (non-hydrogen) atoms. The Morgan fingerprint density at radius 1 is 1.32 bits per heavy atom. The summed E-state index contributed by atoms with van der Waals surface area (Å²) in [7, 11) is 4.15. The highest BCUT2D eigenvalue weighted by Gasteiger charge is 2.28. The van der Waals surface area contributed by atoms with Crippen molar-refractivity contribution in [3.05, 3.63) is 53.1 Å². The van der Waals surface area contributed by atoms with Gasteiger partial charge in [0, 0.05) is 55.1 Å². The first kappa shape index (κ1) is 18.0. The molecule has 3 rings (SSSR count). The normalized spacial score (nSPS) is 17.9. The molecule has 0 bridgehead atoms. The molecular formula is C19H25ClN4O. The highest BCUT2D eigenvalue weighted by Crippen LogP contribution is 2.27. The van der Waals surface area contributed by atoms with Crippen LogP contribution in [-0.2, 0) is 6.54 Å². The number of hydrogen-bond donors (Lipinski definition) is 0.